The van der Waals surface area contributed by atoms with Crippen molar-refractivity contribution in [3.63, 3.8) is 0 Å². The highest BCUT2D eigenvalue weighted by atomic mass is 16.1. The van der Waals surface area contributed by atoms with Gasteiger partial charge in [0.05, 0.1) is 0 Å². The Morgan fingerprint density at radius 1 is 1.22 bits per heavy atom. The minimum atomic E-state index is 0.301. The van der Waals surface area contributed by atoms with Crippen molar-refractivity contribution < 1.29 is 4.79 Å². The van der Waals surface area contributed by atoms with Crippen molar-refractivity contribution in [1.82, 2.24) is 5.32 Å². The number of likely N-dealkylation sites (N-methyl/N-ethyl adjacent to an activating group) is 1. The fourth-order valence-electron chi connectivity index (χ4n) is 2.22. The van der Waals surface area contributed by atoms with Gasteiger partial charge in [-0.1, -0.05) is 51.0 Å². The second-order valence-electron chi connectivity index (χ2n) is 4.82. The Morgan fingerprint density at radius 3 is 2.50 bits per heavy atom. The van der Waals surface area contributed by atoms with Crippen LogP contribution in [-0.2, 0) is 6.42 Å². The summed E-state index contributed by atoms with van der Waals surface area (Å²) in [6.45, 7) is 5.23. The molecule has 0 saturated heterocycles. The molecule has 2 nitrogen and oxygen atoms in total. The Hall–Kier alpha value is -1.15. The van der Waals surface area contributed by atoms with E-state index in [4.69, 9.17) is 0 Å². The fraction of sp³-hybridized carbons (Fsp3) is 0.562. The van der Waals surface area contributed by atoms with Gasteiger partial charge in [-0.15, -0.1) is 0 Å². The van der Waals surface area contributed by atoms with Crippen LogP contribution in [0.2, 0.25) is 0 Å². The molecule has 0 radical (unpaired) electrons. The van der Waals surface area contributed by atoms with Gasteiger partial charge in [0, 0.05) is 12.0 Å². The Kier molecular flexibility index (Phi) is 6.66. The molecule has 0 fully saturated rings. The van der Waals surface area contributed by atoms with Crippen LogP contribution in [0, 0.1) is 5.92 Å². The summed E-state index contributed by atoms with van der Waals surface area (Å²) in [5.74, 6) is 0.824. The van der Waals surface area contributed by atoms with E-state index < -0.39 is 0 Å². The van der Waals surface area contributed by atoms with Gasteiger partial charge < -0.3 is 5.32 Å². The molecule has 100 valence electrons. The fourth-order valence-corrected chi connectivity index (χ4v) is 2.22. The highest BCUT2D eigenvalue weighted by molar-refractivity contribution is 5.97. The molecule has 1 N–H and O–H groups in total. The predicted molar refractivity (Wildman–Crippen MR) is 77.1 cm³/mol. The van der Waals surface area contributed by atoms with Gasteiger partial charge in [-0.3, -0.25) is 4.79 Å². The monoisotopic (exact) mass is 247 g/mol. The van der Waals surface area contributed by atoms with Crippen LogP contribution in [0.4, 0.5) is 0 Å². The number of ketones is 1. The number of nitrogens with one attached hydrogen (secondary N) is 1. The van der Waals surface area contributed by atoms with Gasteiger partial charge in [0.2, 0.25) is 0 Å². The summed E-state index contributed by atoms with van der Waals surface area (Å²) in [5, 5.41) is 3.13. The molecular weight excluding hydrogens is 222 g/mol. The molecule has 0 amide bonds. The number of hydrogen-bond acceptors (Lipinski definition) is 2. The third-order valence-corrected chi connectivity index (χ3v) is 3.59. The van der Waals surface area contributed by atoms with Crippen molar-refractivity contribution in [2.45, 2.75) is 39.5 Å². The largest absolute Gasteiger partial charge is 0.319 e. The van der Waals surface area contributed by atoms with Crippen LogP contribution in [-0.4, -0.2) is 19.4 Å². The summed E-state index contributed by atoms with van der Waals surface area (Å²) in [5.41, 5.74) is 2.09. The zero-order valence-electron chi connectivity index (χ0n) is 11.8. The average molecular weight is 247 g/mol. The molecule has 0 spiro atoms. The SMILES string of the molecule is CCC(CC)CC(=O)c1ccccc1CCNC. The van der Waals surface area contributed by atoms with Crippen molar-refractivity contribution in [1.29, 1.82) is 0 Å². The second kappa shape index (κ2) is 8.04. The van der Waals surface area contributed by atoms with Crippen molar-refractivity contribution in [2.24, 2.45) is 5.92 Å². The number of Topliss-reactive ketones (excluding diaryl/α,β-unsaturated/α-hetero) is 1. The van der Waals surface area contributed by atoms with E-state index in [-0.39, 0.29) is 0 Å². The smallest absolute Gasteiger partial charge is 0.163 e. The first-order chi connectivity index (χ1) is 8.72. The summed E-state index contributed by atoms with van der Waals surface area (Å²) in [6.07, 6.45) is 3.77. The summed E-state index contributed by atoms with van der Waals surface area (Å²) >= 11 is 0. The maximum absolute atomic E-state index is 12.3. The van der Waals surface area contributed by atoms with Crippen LogP contribution in [0.1, 0.15) is 49.0 Å². The van der Waals surface area contributed by atoms with Crippen LogP contribution >= 0.6 is 0 Å². The van der Waals surface area contributed by atoms with Crippen molar-refractivity contribution >= 4 is 5.78 Å². The third-order valence-electron chi connectivity index (χ3n) is 3.59. The van der Waals surface area contributed by atoms with Gasteiger partial charge in [0.15, 0.2) is 5.78 Å². The molecule has 2 heteroatoms. The molecule has 0 atom stereocenters. The topological polar surface area (TPSA) is 29.1 Å². The molecule has 0 aliphatic rings. The standard InChI is InChI=1S/C16H25NO/c1-4-13(5-2)12-16(18)15-9-7-6-8-14(15)10-11-17-3/h6-9,13,17H,4-5,10-12H2,1-3H3. The highest BCUT2D eigenvalue weighted by Crippen LogP contribution is 2.19. The lowest BCUT2D eigenvalue weighted by molar-refractivity contribution is 0.0958. The lowest BCUT2D eigenvalue weighted by Crippen LogP contribution is -2.14. The van der Waals surface area contributed by atoms with Crippen LogP contribution in [0.25, 0.3) is 0 Å². The number of carbonyl (C=O) groups is 1. The summed E-state index contributed by atoms with van der Waals surface area (Å²) in [7, 11) is 1.94. The maximum Gasteiger partial charge on any atom is 0.163 e. The lowest BCUT2D eigenvalue weighted by atomic mass is 9.91. The lowest BCUT2D eigenvalue weighted by Gasteiger charge is -2.13. The molecule has 1 aromatic carbocycles. The Bertz CT molecular complexity index is 369. The first kappa shape index (κ1) is 14.9. The minimum Gasteiger partial charge on any atom is -0.319 e. The molecule has 0 aliphatic heterocycles. The van der Waals surface area contributed by atoms with Crippen LogP contribution in [0.5, 0.6) is 0 Å². The second-order valence-corrected chi connectivity index (χ2v) is 4.82. The summed E-state index contributed by atoms with van der Waals surface area (Å²) in [4.78, 5) is 12.3. The van der Waals surface area contributed by atoms with E-state index in [0.29, 0.717) is 18.1 Å². The maximum atomic E-state index is 12.3. The average Bonchev–Trinajstić information content (AvgIpc) is 2.42. The van der Waals surface area contributed by atoms with Gasteiger partial charge in [-0.25, -0.2) is 0 Å². The van der Waals surface area contributed by atoms with E-state index in [9.17, 15) is 4.79 Å². The van der Waals surface area contributed by atoms with Crippen molar-refractivity contribution in [3.8, 4) is 0 Å². The first-order valence-electron chi connectivity index (χ1n) is 6.98. The van der Waals surface area contributed by atoms with E-state index >= 15 is 0 Å². The zero-order chi connectivity index (χ0) is 13.4. The van der Waals surface area contributed by atoms with Crippen LogP contribution in [0.3, 0.4) is 0 Å². The summed E-state index contributed by atoms with van der Waals surface area (Å²) in [6, 6.07) is 8.01. The van der Waals surface area contributed by atoms with Crippen molar-refractivity contribution in [2.75, 3.05) is 13.6 Å². The predicted octanol–water partition coefficient (Wildman–Crippen LogP) is 3.46. The highest BCUT2D eigenvalue weighted by Gasteiger charge is 2.14. The Balaban J connectivity index is 2.77. The molecule has 1 aromatic rings. The first-order valence-corrected chi connectivity index (χ1v) is 6.98. The molecule has 1 rings (SSSR count). The number of rotatable bonds is 8. The molecule has 0 heterocycles. The number of carbonyl (C=O) groups excluding carboxylic acids is 1. The normalized spacial score (nSPS) is 10.9. The van der Waals surface area contributed by atoms with E-state index in [0.717, 1.165) is 31.4 Å². The van der Waals surface area contributed by atoms with E-state index in [1.54, 1.807) is 0 Å². The van der Waals surface area contributed by atoms with Gasteiger partial charge in [0.25, 0.3) is 0 Å². The van der Waals surface area contributed by atoms with Gasteiger partial charge in [-0.2, -0.15) is 0 Å². The van der Waals surface area contributed by atoms with Gasteiger partial charge >= 0.3 is 0 Å². The van der Waals surface area contributed by atoms with Gasteiger partial charge in [-0.05, 0) is 31.5 Å². The van der Waals surface area contributed by atoms with Crippen molar-refractivity contribution in [3.05, 3.63) is 35.4 Å². The van der Waals surface area contributed by atoms with E-state index in [1.807, 2.05) is 25.2 Å². The molecule has 0 saturated carbocycles. The Labute approximate surface area is 111 Å². The molecular formula is C16H25NO. The Morgan fingerprint density at radius 2 is 1.89 bits per heavy atom. The van der Waals surface area contributed by atoms with Crippen LogP contribution < -0.4 is 5.32 Å². The molecule has 0 aliphatic carbocycles. The number of benzene rings is 1. The molecule has 0 unspecified atom stereocenters. The van der Waals surface area contributed by atoms with Crippen LogP contribution in [0.15, 0.2) is 24.3 Å². The third kappa shape index (κ3) is 4.26. The minimum absolute atomic E-state index is 0.301. The molecule has 0 aromatic heterocycles. The van der Waals surface area contributed by atoms with Gasteiger partial charge in [0.1, 0.15) is 0 Å². The van der Waals surface area contributed by atoms with E-state index in [1.165, 1.54) is 5.56 Å². The molecule has 18 heavy (non-hydrogen) atoms. The zero-order valence-corrected chi connectivity index (χ0v) is 11.8. The number of hydrogen-bond donors (Lipinski definition) is 1. The summed E-state index contributed by atoms with van der Waals surface area (Å²) < 4.78 is 0. The molecule has 0 bridgehead atoms. The van der Waals surface area contributed by atoms with E-state index in [2.05, 4.69) is 25.2 Å². The quantitative estimate of drug-likeness (QED) is 0.713.